The third-order valence-electron chi connectivity index (χ3n) is 5.33. The van der Waals surface area contributed by atoms with Crippen molar-refractivity contribution in [3.63, 3.8) is 0 Å². The van der Waals surface area contributed by atoms with Crippen molar-refractivity contribution in [2.24, 2.45) is 0 Å². The van der Waals surface area contributed by atoms with Gasteiger partial charge in [-0.2, -0.15) is 0 Å². The number of nitrogens with zero attached hydrogens (tertiary/aromatic N) is 1. The summed E-state index contributed by atoms with van der Waals surface area (Å²) in [6.45, 7) is 4.33. The van der Waals surface area contributed by atoms with Gasteiger partial charge in [-0.1, -0.05) is 90.5 Å². The van der Waals surface area contributed by atoms with Crippen LogP contribution in [0, 0.1) is 6.92 Å². The minimum absolute atomic E-state index is 0.00288. The normalized spacial score (nSPS) is 20.8. The van der Waals surface area contributed by atoms with Gasteiger partial charge in [0.25, 0.3) is 0 Å². The Morgan fingerprint density at radius 3 is 1.93 bits per heavy atom. The van der Waals surface area contributed by atoms with Gasteiger partial charge in [0.1, 0.15) is 6.04 Å². The van der Waals surface area contributed by atoms with Gasteiger partial charge in [-0.25, -0.2) is 0 Å². The molecule has 1 heterocycles. The van der Waals surface area contributed by atoms with Crippen LogP contribution >= 0.6 is 0 Å². The van der Waals surface area contributed by atoms with Crippen molar-refractivity contribution in [2.75, 3.05) is 6.61 Å². The molecule has 3 nitrogen and oxygen atoms in total. The van der Waals surface area contributed by atoms with Crippen LogP contribution in [0.1, 0.15) is 41.3 Å². The van der Waals surface area contributed by atoms with E-state index in [1.54, 1.807) is 0 Å². The van der Waals surface area contributed by atoms with Crippen LogP contribution in [0.5, 0.6) is 0 Å². The molecule has 0 aromatic heterocycles. The second kappa shape index (κ2) is 7.99. The molecule has 0 radical (unpaired) electrons. The molecule has 0 bridgehead atoms. The number of carbonyl (C=O) groups is 1. The largest absolute Gasteiger partial charge is 0.465 e. The molecular formula is C25H25NO2. The summed E-state index contributed by atoms with van der Waals surface area (Å²) in [5, 5.41) is 0. The number of benzene rings is 3. The van der Waals surface area contributed by atoms with Gasteiger partial charge in [-0.15, -0.1) is 0 Å². The molecule has 0 saturated carbocycles. The summed E-state index contributed by atoms with van der Waals surface area (Å²) in [7, 11) is 0. The third kappa shape index (κ3) is 3.58. The summed E-state index contributed by atoms with van der Waals surface area (Å²) < 4.78 is 5.41. The Morgan fingerprint density at radius 2 is 1.43 bits per heavy atom. The highest BCUT2D eigenvalue weighted by Gasteiger charge is 2.57. The molecule has 1 saturated heterocycles. The van der Waals surface area contributed by atoms with Gasteiger partial charge in [0.05, 0.1) is 18.7 Å². The Labute approximate surface area is 166 Å². The van der Waals surface area contributed by atoms with Crippen LogP contribution in [-0.2, 0) is 9.53 Å². The van der Waals surface area contributed by atoms with E-state index in [1.807, 2.05) is 19.1 Å². The van der Waals surface area contributed by atoms with Gasteiger partial charge >= 0.3 is 5.97 Å². The summed E-state index contributed by atoms with van der Waals surface area (Å²) in [5.74, 6) is -0.148. The zero-order chi connectivity index (χ0) is 19.5. The predicted molar refractivity (Wildman–Crippen MR) is 111 cm³/mol. The molecule has 28 heavy (non-hydrogen) atoms. The minimum atomic E-state index is -0.270. The van der Waals surface area contributed by atoms with E-state index < -0.39 is 0 Å². The smallest absolute Gasteiger partial charge is 0.325 e. The van der Waals surface area contributed by atoms with Crippen LogP contribution in [0.15, 0.2) is 84.9 Å². The van der Waals surface area contributed by atoms with E-state index in [0.717, 1.165) is 5.56 Å². The first-order chi connectivity index (χ1) is 13.7. The van der Waals surface area contributed by atoms with Gasteiger partial charge in [0.2, 0.25) is 0 Å². The first-order valence-corrected chi connectivity index (χ1v) is 9.81. The van der Waals surface area contributed by atoms with Gasteiger partial charge in [-0.05, 0) is 30.5 Å². The average Bonchev–Trinajstić information content (AvgIpc) is 3.46. The molecule has 3 heteroatoms. The Hall–Kier alpha value is -2.91. The molecule has 3 aromatic carbocycles. The highest BCUT2D eigenvalue weighted by Crippen LogP contribution is 2.52. The zero-order valence-electron chi connectivity index (χ0n) is 16.3. The summed E-state index contributed by atoms with van der Waals surface area (Å²) in [5.41, 5.74) is 4.72. The van der Waals surface area contributed by atoms with E-state index in [9.17, 15) is 4.79 Å². The molecule has 4 rings (SSSR count). The summed E-state index contributed by atoms with van der Waals surface area (Å²) in [4.78, 5) is 15.0. The van der Waals surface area contributed by atoms with Gasteiger partial charge in [0, 0.05) is 0 Å². The summed E-state index contributed by atoms with van der Waals surface area (Å²) in [6, 6.07) is 29.0. The van der Waals surface area contributed by atoms with Crippen LogP contribution in [0.4, 0.5) is 0 Å². The Bertz CT molecular complexity index is 882. The number of hydrogen-bond donors (Lipinski definition) is 0. The molecule has 142 valence electrons. The molecule has 1 fully saturated rings. The number of ether oxygens (including phenoxy) is 1. The lowest BCUT2D eigenvalue weighted by Gasteiger charge is -2.21. The fraction of sp³-hybridized carbons (Fsp3) is 0.240. The van der Waals surface area contributed by atoms with Crippen molar-refractivity contribution in [3.8, 4) is 0 Å². The molecule has 1 unspecified atom stereocenters. The maximum absolute atomic E-state index is 12.8. The van der Waals surface area contributed by atoms with Crippen molar-refractivity contribution in [1.29, 1.82) is 0 Å². The Kier molecular flexibility index (Phi) is 5.27. The number of esters is 1. The summed E-state index contributed by atoms with van der Waals surface area (Å²) >= 11 is 0. The maximum Gasteiger partial charge on any atom is 0.325 e. The second-order valence-corrected chi connectivity index (χ2v) is 7.22. The molecular weight excluding hydrogens is 346 g/mol. The zero-order valence-corrected chi connectivity index (χ0v) is 16.3. The lowest BCUT2D eigenvalue weighted by molar-refractivity contribution is -0.143. The fourth-order valence-corrected chi connectivity index (χ4v) is 3.97. The molecule has 1 aliphatic heterocycles. The number of rotatable bonds is 6. The first-order valence-electron chi connectivity index (χ1n) is 9.81. The van der Waals surface area contributed by atoms with Crippen molar-refractivity contribution >= 4 is 5.97 Å². The number of aryl methyl sites for hydroxylation is 1. The first kappa shape index (κ1) is 18.5. The van der Waals surface area contributed by atoms with E-state index in [4.69, 9.17) is 4.74 Å². The van der Waals surface area contributed by atoms with Crippen molar-refractivity contribution in [3.05, 3.63) is 107 Å². The number of carbonyl (C=O) groups excluding carboxylic acids is 1. The molecule has 0 amide bonds. The highest BCUT2D eigenvalue weighted by molar-refractivity contribution is 5.81. The average molecular weight is 371 g/mol. The van der Waals surface area contributed by atoms with Crippen LogP contribution in [0.25, 0.3) is 0 Å². The van der Waals surface area contributed by atoms with E-state index in [2.05, 4.69) is 84.6 Å². The van der Waals surface area contributed by atoms with Crippen molar-refractivity contribution in [1.82, 2.24) is 4.90 Å². The van der Waals surface area contributed by atoms with Crippen LogP contribution in [0.2, 0.25) is 0 Å². The monoisotopic (exact) mass is 371 g/mol. The number of hydrogen-bond acceptors (Lipinski definition) is 3. The van der Waals surface area contributed by atoms with E-state index in [1.165, 1.54) is 16.7 Å². The van der Waals surface area contributed by atoms with Gasteiger partial charge in [0.15, 0.2) is 0 Å². The molecule has 3 atom stereocenters. The maximum atomic E-state index is 12.8. The third-order valence-corrected chi connectivity index (χ3v) is 5.33. The minimum Gasteiger partial charge on any atom is -0.465 e. The summed E-state index contributed by atoms with van der Waals surface area (Å²) in [6.07, 6.45) is 0. The lowest BCUT2D eigenvalue weighted by atomic mass is 9.98. The van der Waals surface area contributed by atoms with E-state index >= 15 is 0 Å². The quantitative estimate of drug-likeness (QED) is 0.447. The topological polar surface area (TPSA) is 29.3 Å². The van der Waals surface area contributed by atoms with Crippen LogP contribution < -0.4 is 0 Å². The van der Waals surface area contributed by atoms with Crippen LogP contribution in [0.3, 0.4) is 0 Å². The molecule has 0 N–H and O–H groups in total. The fourth-order valence-electron chi connectivity index (χ4n) is 3.97. The Balaban J connectivity index is 1.76. The molecule has 3 aromatic rings. The van der Waals surface area contributed by atoms with Gasteiger partial charge < -0.3 is 4.74 Å². The van der Waals surface area contributed by atoms with Gasteiger partial charge in [-0.3, -0.25) is 9.69 Å². The highest BCUT2D eigenvalue weighted by atomic mass is 16.5. The van der Waals surface area contributed by atoms with E-state index in [0.29, 0.717) is 6.61 Å². The van der Waals surface area contributed by atoms with E-state index in [-0.39, 0.29) is 24.1 Å². The Morgan fingerprint density at radius 1 is 0.893 bits per heavy atom. The van der Waals surface area contributed by atoms with Crippen molar-refractivity contribution < 1.29 is 9.53 Å². The second-order valence-electron chi connectivity index (χ2n) is 7.22. The SMILES string of the molecule is CCOC(=O)[C@H]1[C@@H](c2ccc(C)cc2)N1C(c1ccccc1)c1ccccc1. The lowest BCUT2D eigenvalue weighted by Crippen LogP contribution is -2.20. The van der Waals surface area contributed by atoms with Crippen LogP contribution in [-0.4, -0.2) is 23.5 Å². The molecule has 0 spiro atoms. The molecule has 0 aliphatic carbocycles. The standard InChI is InChI=1S/C25H25NO2/c1-3-28-25(27)24-23(21-16-14-18(2)15-17-21)26(24)22(19-10-6-4-7-11-19)20-12-8-5-9-13-20/h4-17,22-24H,3H2,1-2H3/t23-,24-,26?/m1/s1. The van der Waals surface area contributed by atoms with Crippen molar-refractivity contribution in [2.45, 2.75) is 32.0 Å². The predicted octanol–water partition coefficient (Wildman–Crippen LogP) is 5.07. The molecule has 1 aliphatic rings.